The van der Waals surface area contributed by atoms with Crippen molar-refractivity contribution in [3.63, 3.8) is 0 Å². The molecular weight excluding hydrogens is 166 g/mol. The molecule has 0 radical (unpaired) electrons. The van der Waals surface area contributed by atoms with Gasteiger partial charge in [-0.1, -0.05) is 0 Å². The Bertz CT molecular complexity index is 98.5. The molecule has 0 aliphatic rings. The molecule has 0 rings (SSSR count). The summed E-state index contributed by atoms with van der Waals surface area (Å²) in [7, 11) is 0. The molecule has 8 N–H and O–H groups in total. The molecule has 5 heteroatoms. The van der Waals surface area contributed by atoms with Crippen molar-refractivity contribution in [1.82, 2.24) is 10.6 Å². The lowest BCUT2D eigenvalue weighted by Gasteiger charge is -2.13. The van der Waals surface area contributed by atoms with Crippen LogP contribution in [0.2, 0.25) is 0 Å². The smallest absolute Gasteiger partial charge is 0.0675 e. The molecule has 0 bridgehead atoms. The molecule has 0 fully saturated rings. The van der Waals surface area contributed by atoms with Crippen LogP contribution < -0.4 is 27.8 Å². The third-order valence-corrected chi connectivity index (χ3v) is 1.71. The van der Waals surface area contributed by atoms with Crippen LogP contribution in [0, 0.1) is 0 Å². The molecule has 0 heterocycles. The third-order valence-electron chi connectivity index (χ3n) is 1.71. The van der Waals surface area contributed by atoms with Crippen LogP contribution in [0.4, 0.5) is 0 Å². The van der Waals surface area contributed by atoms with Gasteiger partial charge in [-0.05, 0) is 39.0 Å². The fourth-order valence-corrected chi connectivity index (χ4v) is 0.946. The molecule has 0 aliphatic carbocycles. The van der Waals surface area contributed by atoms with Crippen LogP contribution in [0.5, 0.6) is 0 Å². The molecule has 5 nitrogen and oxygen atoms in total. The normalized spacial score (nSPS) is 13.2. The van der Waals surface area contributed by atoms with E-state index in [1.165, 1.54) is 0 Å². The molecule has 0 aromatic rings. The summed E-state index contributed by atoms with van der Waals surface area (Å²) in [4.78, 5) is 0. The van der Waals surface area contributed by atoms with Crippen LogP contribution in [-0.2, 0) is 0 Å². The van der Waals surface area contributed by atoms with Gasteiger partial charge >= 0.3 is 0 Å². The summed E-state index contributed by atoms with van der Waals surface area (Å²) in [5.41, 5.74) is 16.4. The predicted octanol–water partition coefficient (Wildman–Crippen LogP) is -1.85. The maximum absolute atomic E-state index is 5.75. The van der Waals surface area contributed by atoms with E-state index in [-0.39, 0.29) is 6.17 Å². The van der Waals surface area contributed by atoms with Gasteiger partial charge in [-0.2, -0.15) is 0 Å². The SMILES string of the molecule is NCCCNCC(N)NCCCN. The van der Waals surface area contributed by atoms with Gasteiger partial charge in [-0.15, -0.1) is 0 Å². The molecular formula is C8H23N5. The number of rotatable bonds is 9. The van der Waals surface area contributed by atoms with Crippen molar-refractivity contribution in [1.29, 1.82) is 0 Å². The lowest BCUT2D eigenvalue weighted by atomic mass is 10.4. The van der Waals surface area contributed by atoms with Crippen molar-refractivity contribution < 1.29 is 0 Å². The second kappa shape index (κ2) is 9.88. The van der Waals surface area contributed by atoms with Gasteiger partial charge in [0.25, 0.3) is 0 Å². The van der Waals surface area contributed by atoms with Crippen molar-refractivity contribution in [3.05, 3.63) is 0 Å². The van der Waals surface area contributed by atoms with Crippen LogP contribution in [0.25, 0.3) is 0 Å². The molecule has 1 atom stereocenters. The zero-order valence-corrected chi connectivity index (χ0v) is 8.26. The lowest BCUT2D eigenvalue weighted by Crippen LogP contribution is -2.46. The molecule has 0 aromatic carbocycles. The van der Waals surface area contributed by atoms with Crippen LogP contribution in [0.15, 0.2) is 0 Å². The van der Waals surface area contributed by atoms with E-state index in [4.69, 9.17) is 17.2 Å². The zero-order chi connectivity index (χ0) is 9.94. The molecule has 0 saturated heterocycles. The van der Waals surface area contributed by atoms with Crippen molar-refractivity contribution in [3.8, 4) is 0 Å². The molecule has 0 amide bonds. The first-order chi connectivity index (χ1) is 6.31. The lowest BCUT2D eigenvalue weighted by molar-refractivity contribution is 0.479. The van der Waals surface area contributed by atoms with E-state index in [0.29, 0.717) is 6.54 Å². The number of nitrogens with one attached hydrogen (secondary N) is 2. The Labute approximate surface area is 80.4 Å². The summed E-state index contributed by atoms with van der Waals surface area (Å²) < 4.78 is 0. The van der Waals surface area contributed by atoms with Crippen LogP contribution in [0.3, 0.4) is 0 Å². The van der Waals surface area contributed by atoms with E-state index >= 15 is 0 Å². The average molecular weight is 189 g/mol. The summed E-state index contributed by atoms with van der Waals surface area (Å²) in [5.74, 6) is 0. The molecule has 13 heavy (non-hydrogen) atoms. The van der Waals surface area contributed by atoms with Crippen molar-refractivity contribution >= 4 is 0 Å². The molecule has 1 unspecified atom stereocenters. The Kier molecular flexibility index (Phi) is 9.73. The molecule has 80 valence electrons. The average Bonchev–Trinajstić information content (AvgIpc) is 2.13. The van der Waals surface area contributed by atoms with Gasteiger partial charge in [-0.25, -0.2) is 0 Å². The van der Waals surface area contributed by atoms with Gasteiger partial charge in [0.15, 0.2) is 0 Å². The Morgan fingerprint density at radius 3 is 2.23 bits per heavy atom. The number of hydrogen-bond donors (Lipinski definition) is 5. The minimum absolute atomic E-state index is 0.0179. The van der Waals surface area contributed by atoms with Gasteiger partial charge < -0.3 is 27.8 Å². The van der Waals surface area contributed by atoms with E-state index in [9.17, 15) is 0 Å². The summed E-state index contributed by atoms with van der Waals surface area (Å²) in [6.07, 6.45) is 1.98. The minimum Gasteiger partial charge on any atom is -0.330 e. The highest BCUT2D eigenvalue weighted by molar-refractivity contribution is 4.62. The highest BCUT2D eigenvalue weighted by atomic mass is 15.1. The van der Waals surface area contributed by atoms with Gasteiger partial charge in [0.2, 0.25) is 0 Å². The summed E-state index contributed by atoms with van der Waals surface area (Å²) >= 11 is 0. The zero-order valence-electron chi connectivity index (χ0n) is 8.26. The highest BCUT2D eigenvalue weighted by Crippen LogP contribution is 1.75. The Hall–Kier alpha value is -0.200. The summed E-state index contributed by atoms with van der Waals surface area (Å²) in [6.45, 7) is 4.03. The number of nitrogens with two attached hydrogens (primary N) is 3. The predicted molar refractivity (Wildman–Crippen MR) is 56.2 cm³/mol. The van der Waals surface area contributed by atoms with Crippen molar-refractivity contribution in [2.45, 2.75) is 19.0 Å². The minimum atomic E-state index is 0.0179. The van der Waals surface area contributed by atoms with E-state index in [0.717, 1.165) is 39.0 Å². The Morgan fingerprint density at radius 1 is 1.00 bits per heavy atom. The number of hydrogen-bond acceptors (Lipinski definition) is 5. The summed E-state index contributed by atoms with van der Waals surface area (Å²) in [6, 6.07) is 0. The highest BCUT2D eigenvalue weighted by Gasteiger charge is 1.98. The first kappa shape index (κ1) is 12.8. The monoisotopic (exact) mass is 189 g/mol. The van der Waals surface area contributed by atoms with Gasteiger partial charge in [0.1, 0.15) is 0 Å². The molecule has 0 aliphatic heterocycles. The van der Waals surface area contributed by atoms with Crippen molar-refractivity contribution in [2.24, 2.45) is 17.2 Å². The van der Waals surface area contributed by atoms with Crippen LogP contribution in [0.1, 0.15) is 12.8 Å². The van der Waals surface area contributed by atoms with Crippen molar-refractivity contribution in [2.75, 3.05) is 32.7 Å². The molecule has 0 aromatic heterocycles. The Balaban J connectivity index is 3.05. The third kappa shape index (κ3) is 9.72. The van der Waals surface area contributed by atoms with Gasteiger partial charge in [0, 0.05) is 6.54 Å². The van der Waals surface area contributed by atoms with E-state index in [1.807, 2.05) is 0 Å². The maximum Gasteiger partial charge on any atom is 0.0675 e. The van der Waals surface area contributed by atoms with Gasteiger partial charge in [0.05, 0.1) is 6.17 Å². The molecule has 0 spiro atoms. The Morgan fingerprint density at radius 2 is 1.62 bits per heavy atom. The van der Waals surface area contributed by atoms with E-state index in [1.54, 1.807) is 0 Å². The maximum atomic E-state index is 5.75. The molecule has 0 saturated carbocycles. The van der Waals surface area contributed by atoms with Gasteiger partial charge in [-0.3, -0.25) is 0 Å². The van der Waals surface area contributed by atoms with E-state index < -0.39 is 0 Å². The second-order valence-electron chi connectivity index (χ2n) is 3.05. The topological polar surface area (TPSA) is 102 Å². The standard InChI is InChI=1S/C8H23N5/c9-3-1-5-12-7-8(11)13-6-2-4-10/h8,12-13H,1-7,9-11H2. The fraction of sp³-hybridized carbons (Fsp3) is 1.00. The first-order valence-electron chi connectivity index (χ1n) is 4.91. The summed E-state index contributed by atoms with van der Waals surface area (Å²) in [5, 5.41) is 6.38. The fourth-order valence-electron chi connectivity index (χ4n) is 0.946. The largest absolute Gasteiger partial charge is 0.330 e. The van der Waals surface area contributed by atoms with Crippen LogP contribution >= 0.6 is 0 Å². The van der Waals surface area contributed by atoms with E-state index in [2.05, 4.69) is 10.6 Å². The second-order valence-corrected chi connectivity index (χ2v) is 3.05. The first-order valence-corrected chi connectivity index (χ1v) is 4.91. The van der Waals surface area contributed by atoms with Crippen LogP contribution in [-0.4, -0.2) is 38.9 Å². The quantitative estimate of drug-likeness (QED) is 0.216.